The molecule has 1 aromatic heterocycles. The molecular formula is C15H28N4O. The van der Waals surface area contributed by atoms with Gasteiger partial charge in [-0.2, -0.15) is 4.98 Å². The molecule has 1 aliphatic rings. The van der Waals surface area contributed by atoms with Crippen molar-refractivity contribution in [2.45, 2.75) is 52.4 Å². The molecule has 1 saturated heterocycles. The Bertz CT molecular complexity index is 385. The first-order valence-corrected chi connectivity index (χ1v) is 7.98. The molecule has 1 unspecified atom stereocenters. The van der Waals surface area contributed by atoms with Crippen molar-refractivity contribution in [1.29, 1.82) is 0 Å². The van der Waals surface area contributed by atoms with Crippen LogP contribution in [0.25, 0.3) is 0 Å². The van der Waals surface area contributed by atoms with E-state index in [1.54, 1.807) is 0 Å². The second-order valence-electron chi connectivity index (χ2n) is 6.16. The molecule has 0 radical (unpaired) electrons. The van der Waals surface area contributed by atoms with Crippen molar-refractivity contribution in [3.05, 3.63) is 5.89 Å². The van der Waals surface area contributed by atoms with E-state index in [-0.39, 0.29) is 0 Å². The van der Waals surface area contributed by atoms with Gasteiger partial charge in [0.1, 0.15) is 0 Å². The molecule has 1 atom stereocenters. The lowest BCUT2D eigenvalue weighted by Gasteiger charge is -2.24. The van der Waals surface area contributed by atoms with Gasteiger partial charge < -0.3 is 15.2 Å². The van der Waals surface area contributed by atoms with E-state index < -0.39 is 0 Å². The van der Waals surface area contributed by atoms with Gasteiger partial charge >= 0.3 is 0 Å². The maximum absolute atomic E-state index is 5.68. The summed E-state index contributed by atoms with van der Waals surface area (Å²) in [4.78, 5) is 6.77. The van der Waals surface area contributed by atoms with Crippen LogP contribution in [0.2, 0.25) is 0 Å². The summed E-state index contributed by atoms with van der Waals surface area (Å²) in [6.07, 6.45) is 6.80. The highest BCUT2D eigenvalue weighted by Gasteiger charge is 2.18. The molecule has 5 nitrogen and oxygen atoms in total. The summed E-state index contributed by atoms with van der Waals surface area (Å²) in [6, 6.07) is 0. The molecule has 0 aliphatic carbocycles. The van der Waals surface area contributed by atoms with Gasteiger partial charge in [0.25, 0.3) is 5.95 Å². The highest BCUT2D eigenvalue weighted by molar-refractivity contribution is 5.27. The first-order valence-electron chi connectivity index (χ1n) is 7.98. The van der Waals surface area contributed by atoms with Crippen molar-refractivity contribution >= 4 is 5.95 Å². The van der Waals surface area contributed by atoms with E-state index in [1.165, 1.54) is 19.3 Å². The fraction of sp³-hybridized carbons (Fsp3) is 0.867. The van der Waals surface area contributed by atoms with E-state index >= 15 is 0 Å². The minimum absolute atomic E-state index is 0.644. The standard InChI is InChI=1S/C15H28N4O/c1-12(2)13(8-9-16)6-7-14-17-15(18-20-14)19-10-4-3-5-11-19/h12-13H,3-11,16H2,1-2H3. The Kier molecular flexibility index (Phi) is 5.83. The maximum Gasteiger partial charge on any atom is 0.266 e. The van der Waals surface area contributed by atoms with E-state index in [2.05, 4.69) is 28.9 Å². The van der Waals surface area contributed by atoms with E-state index in [0.29, 0.717) is 11.8 Å². The van der Waals surface area contributed by atoms with Crippen LogP contribution in [0, 0.1) is 11.8 Å². The summed E-state index contributed by atoms with van der Waals surface area (Å²) < 4.78 is 5.39. The van der Waals surface area contributed by atoms with Crippen LogP contribution >= 0.6 is 0 Å². The zero-order chi connectivity index (χ0) is 14.4. The van der Waals surface area contributed by atoms with Crippen LogP contribution < -0.4 is 10.6 Å². The van der Waals surface area contributed by atoms with Crippen LogP contribution in [0.1, 0.15) is 51.8 Å². The number of aromatic nitrogens is 2. The lowest BCUT2D eigenvalue weighted by Crippen LogP contribution is -2.30. The Morgan fingerprint density at radius 1 is 1.20 bits per heavy atom. The third-order valence-electron chi connectivity index (χ3n) is 4.31. The lowest BCUT2D eigenvalue weighted by molar-refractivity contribution is 0.313. The molecule has 1 aliphatic heterocycles. The topological polar surface area (TPSA) is 68.2 Å². The van der Waals surface area contributed by atoms with Crippen molar-refractivity contribution < 1.29 is 4.52 Å². The number of aryl methyl sites for hydroxylation is 1. The van der Waals surface area contributed by atoms with E-state index in [0.717, 1.165) is 50.7 Å². The summed E-state index contributed by atoms with van der Waals surface area (Å²) in [5.74, 6) is 2.85. The zero-order valence-corrected chi connectivity index (χ0v) is 12.8. The third-order valence-corrected chi connectivity index (χ3v) is 4.31. The Labute approximate surface area is 121 Å². The van der Waals surface area contributed by atoms with Gasteiger partial charge in [-0.15, -0.1) is 0 Å². The average Bonchev–Trinajstić information content (AvgIpc) is 2.93. The molecular weight excluding hydrogens is 252 g/mol. The normalized spacial score (nSPS) is 17.7. The lowest BCUT2D eigenvalue weighted by atomic mass is 9.88. The van der Waals surface area contributed by atoms with Crippen molar-refractivity contribution in [2.24, 2.45) is 17.6 Å². The highest BCUT2D eigenvalue weighted by Crippen LogP contribution is 2.22. The molecule has 0 saturated carbocycles. The number of piperidine rings is 1. The maximum atomic E-state index is 5.68. The number of hydrogen-bond acceptors (Lipinski definition) is 5. The smallest absolute Gasteiger partial charge is 0.266 e. The van der Waals surface area contributed by atoms with Crippen molar-refractivity contribution in [3.63, 3.8) is 0 Å². The van der Waals surface area contributed by atoms with E-state index in [1.807, 2.05) is 0 Å². The van der Waals surface area contributed by atoms with Crippen LogP contribution in [0.4, 0.5) is 5.95 Å². The summed E-state index contributed by atoms with van der Waals surface area (Å²) in [7, 11) is 0. The Morgan fingerprint density at radius 2 is 1.95 bits per heavy atom. The van der Waals surface area contributed by atoms with Gasteiger partial charge in [-0.1, -0.05) is 13.8 Å². The number of hydrogen-bond donors (Lipinski definition) is 1. The SMILES string of the molecule is CC(C)C(CCN)CCc1nc(N2CCCCC2)no1. The summed E-state index contributed by atoms with van der Waals surface area (Å²) in [5, 5.41) is 4.12. The second kappa shape index (κ2) is 7.62. The highest BCUT2D eigenvalue weighted by atomic mass is 16.5. The van der Waals surface area contributed by atoms with Crippen molar-refractivity contribution in [3.8, 4) is 0 Å². The van der Waals surface area contributed by atoms with Crippen molar-refractivity contribution in [1.82, 2.24) is 10.1 Å². The molecule has 0 bridgehead atoms. The van der Waals surface area contributed by atoms with Gasteiger partial charge in [0.2, 0.25) is 5.89 Å². The largest absolute Gasteiger partial charge is 0.338 e. The van der Waals surface area contributed by atoms with Gasteiger partial charge in [-0.3, -0.25) is 0 Å². The Hall–Kier alpha value is -1.10. The number of rotatable bonds is 7. The molecule has 0 spiro atoms. The van der Waals surface area contributed by atoms with Gasteiger partial charge in [0.05, 0.1) is 0 Å². The van der Waals surface area contributed by atoms with Gasteiger partial charge in [0.15, 0.2) is 0 Å². The third kappa shape index (κ3) is 4.20. The summed E-state index contributed by atoms with van der Waals surface area (Å²) >= 11 is 0. The fourth-order valence-corrected chi connectivity index (χ4v) is 2.90. The van der Waals surface area contributed by atoms with E-state index in [4.69, 9.17) is 10.3 Å². The predicted molar refractivity (Wildman–Crippen MR) is 80.7 cm³/mol. The van der Waals surface area contributed by atoms with Crippen LogP contribution in [-0.4, -0.2) is 29.8 Å². The molecule has 2 N–H and O–H groups in total. The molecule has 5 heteroatoms. The number of nitrogens with two attached hydrogens (primary N) is 1. The van der Waals surface area contributed by atoms with Crippen LogP contribution in [-0.2, 0) is 6.42 Å². The quantitative estimate of drug-likeness (QED) is 0.831. The zero-order valence-electron chi connectivity index (χ0n) is 12.8. The first-order chi connectivity index (χ1) is 9.70. The van der Waals surface area contributed by atoms with Gasteiger partial charge in [-0.25, -0.2) is 0 Å². The summed E-state index contributed by atoms with van der Waals surface area (Å²) in [6.45, 7) is 7.38. The molecule has 1 fully saturated rings. The van der Waals surface area contributed by atoms with Crippen molar-refractivity contribution in [2.75, 3.05) is 24.5 Å². The van der Waals surface area contributed by atoms with Crippen LogP contribution in [0.15, 0.2) is 4.52 Å². The Balaban J connectivity index is 1.85. The minimum atomic E-state index is 0.644. The number of nitrogens with zero attached hydrogens (tertiary/aromatic N) is 3. The average molecular weight is 280 g/mol. The fourth-order valence-electron chi connectivity index (χ4n) is 2.90. The first kappa shape index (κ1) is 15.3. The molecule has 1 aromatic rings. The molecule has 2 heterocycles. The minimum Gasteiger partial charge on any atom is -0.338 e. The van der Waals surface area contributed by atoms with E-state index in [9.17, 15) is 0 Å². The molecule has 20 heavy (non-hydrogen) atoms. The van der Waals surface area contributed by atoms with Gasteiger partial charge in [-0.05, 0) is 55.6 Å². The molecule has 114 valence electrons. The predicted octanol–water partition coefficient (Wildman–Crippen LogP) is 2.61. The molecule has 0 amide bonds. The second-order valence-corrected chi connectivity index (χ2v) is 6.16. The van der Waals surface area contributed by atoms with Crippen LogP contribution in [0.3, 0.4) is 0 Å². The van der Waals surface area contributed by atoms with Crippen LogP contribution in [0.5, 0.6) is 0 Å². The summed E-state index contributed by atoms with van der Waals surface area (Å²) in [5.41, 5.74) is 5.68. The Morgan fingerprint density at radius 3 is 2.60 bits per heavy atom. The van der Waals surface area contributed by atoms with Gasteiger partial charge in [0, 0.05) is 19.5 Å². The molecule has 2 rings (SSSR count). The molecule has 0 aromatic carbocycles. The number of anilines is 1. The monoisotopic (exact) mass is 280 g/mol.